The van der Waals surface area contributed by atoms with Crippen LogP contribution in [-0.2, 0) is 0 Å². The highest BCUT2D eigenvalue weighted by atomic mass is 79.9. The van der Waals surface area contributed by atoms with Crippen molar-refractivity contribution in [3.05, 3.63) is 74.8 Å². The molecule has 0 radical (unpaired) electrons. The Labute approximate surface area is 135 Å². The van der Waals surface area contributed by atoms with Crippen LogP contribution in [0.3, 0.4) is 0 Å². The maximum Gasteiger partial charge on any atom is 0.187 e. The van der Waals surface area contributed by atoms with Crippen LogP contribution in [0, 0.1) is 0 Å². The molecule has 0 amide bonds. The van der Waals surface area contributed by atoms with Crippen LogP contribution in [0.4, 0.5) is 5.69 Å². The van der Waals surface area contributed by atoms with Gasteiger partial charge in [0.2, 0.25) is 0 Å². The number of allylic oxidation sites excluding steroid dienone is 1. The van der Waals surface area contributed by atoms with Crippen LogP contribution in [0.1, 0.15) is 10.4 Å². The van der Waals surface area contributed by atoms with Gasteiger partial charge in [-0.15, -0.1) is 0 Å². The molecular weight excluding hydrogens is 361 g/mol. The summed E-state index contributed by atoms with van der Waals surface area (Å²) >= 11 is 15.1. The van der Waals surface area contributed by atoms with Gasteiger partial charge in [0, 0.05) is 22.3 Å². The molecule has 0 saturated heterocycles. The molecule has 2 aromatic rings. The minimum Gasteiger partial charge on any atom is -0.361 e. The van der Waals surface area contributed by atoms with Crippen molar-refractivity contribution in [2.45, 2.75) is 0 Å². The van der Waals surface area contributed by atoms with Crippen molar-refractivity contribution in [3.63, 3.8) is 0 Å². The van der Waals surface area contributed by atoms with E-state index in [4.69, 9.17) is 23.2 Å². The number of benzene rings is 2. The first-order valence-electron chi connectivity index (χ1n) is 5.75. The van der Waals surface area contributed by atoms with Gasteiger partial charge in [0.05, 0.1) is 15.7 Å². The first-order chi connectivity index (χ1) is 9.58. The molecule has 2 nitrogen and oxygen atoms in total. The number of rotatable bonds is 4. The first-order valence-corrected chi connectivity index (χ1v) is 7.30. The molecule has 102 valence electrons. The molecule has 5 heteroatoms. The number of nitrogens with one attached hydrogen (secondary N) is 1. The Morgan fingerprint density at radius 2 is 1.85 bits per heavy atom. The van der Waals surface area contributed by atoms with Crippen molar-refractivity contribution in [2.75, 3.05) is 5.32 Å². The van der Waals surface area contributed by atoms with Crippen LogP contribution in [0.2, 0.25) is 10.0 Å². The highest BCUT2D eigenvalue weighted by Crippen LogP contribution is 2.23. The Balaban J connectivity index is 2.06. The maximum absolute atomic E-state index is 11.9. The highest BCUT2D eigenvalue weighted by Gasteiger charge is 2.05. The molecule has 0 aromatic heterocycles. The second-order valence-electron chi connectivity index (χ2n) is 3.95. The van der Waals surface area contributed by atoms with Gasteiger partial charge < -0.3 is 5.32 Å². The molecule has 2 aromatic carbocycles. The van der Waals surface area contributed by atoms with Crippen LogP contribution < -0.4 is 5.32 Å². The third kappa shape index (κ3) is 3.85. The molecule has 0 spiro atoms. The molecule has 2 rings (SSSR count). The van der Waals surface area contributed by atoms with E-state index in [1.165, 1.54) is 6.08 Å². The van der Waals surface area contributed by atoms with Crippen molar-refractivity contribution in [3.8, 4) is 0 Å². The second-order valence-corrected chi connectivity index (χ2v) is 5.62. The zero-order valence-corrected chi connectivity index (χ0v) is 13.3. The lowest BCUT2D eigenvalue weighted by molar-refractivity contribution is 0.104. The number of halogens is 3. The zero-order chi connectivity index (χ0) is 14.5. The number of anilines is 1. The number of para-hydroxylation sites is 1. The Kier molecular flexibility index (Phi) is 5.24. The second kappa shape index (κ2) is 6.93. The van der Waals surface area contributed by atoms with E-state index in [-0.39, 0.29) is 5.78 Å². The maximum atomic E-state index is 11.9. The molecule has 1 N–H and O–H groups in total. The first kappa shape index (κ1) is 15.1. The molecule has 20 heavy (non-hydrogen) atoms. The average molecular weight is 371 g/mol. The van der Waals surface area contributed by atoms with E-state index in [0.717, 1.165) is 10.2 Å². The van der Waals surface area contributed by atoms with Crippen molar-refractivity contribution in [1.29, 1.82) is 0 Å². The van der Waals surface area contributed by atoms with Gasteiger partial charge >= 0.3 is 0 Å². The molecule has 0 atom stereocenters. The van der Waals surface area contributed by atoms with Gasteiger partial charge in [-0.3, -0.25) is 4.79 Å². The van der Waals surface area contributed by atoms with Gasteiger partial charge in [0.1, 0.15) is 0 Å². The summed E-state index contributed by atoms with van der Waals surface area (Å²) < 4.78 is 0.923. The van der Waals surface area contributed by atoms with Crippen molar-refractivity contribution < 1.29 is 4.79 Å². The lowest BCUT2D eigenvalue weighted by Crippen LogP contribution is -1.96. The molecule has 0 aliphatic heterocycles. The predicted octanol–water partition coefficient (Wildman–Crippen LogP) is 5.56. The summed E-state index contributed by atoms with van der Waals surface area (Å²) in [5.41, 5.74) is 1.37. The van der Waals surface area contributed by atoms with Crippen molar-refractivity contribution >= 4 is 50.6 Å². The van der Waals surface area contributed by atoms with Gasteiger partial charge in [-0.25, -0.2) is 0 Å². The molecule has 0 aliphatic rings. The number of hydrogen-bond donors (Lipinski definition) is 1. The summed E-state index contributed by atoms with van der Waals surface area (Å²) in [6, 6.07) is 12.4. The van der Waals surface area contributed by atoms with Gasteiger partial charge in [0.15, 0.2) is 5.78 Å². The molecule has 0 unspecified atom stereocenters. The normalized spacial score (nSPS) is 10.8. The molecule has 0 bridgehead atoms. The van der Waals surface area contributed by atoms with Crippen LogP contribution in [0.25, 0.3) is 0 Å². The third-order valence-electron chi connectivity index (χ3n) is 2.55. The predicted molar refractivity (Wildman–Crippen MR) is 87.7 cm³/mol. The Bertz CT molecular complexity index is 671. The van der Waals surface area contributed by atoms with E-state index in [0.29, 0.717) is 15.6 Å². The van der Waals surface area contributed by atoms with E-state index < -0.39 is 0 Å². The summed E-state index contributed by atoms with van der Waals surface area (Å²) in [5.74, 6) is -0.150. The van der Waals surface area contributed by atoms with E-state index >= 15 is 0 Å². The number of carbonyl (C=O) groups excluding carboxylic acids is 1. The molecular formula is C15H10BrCl2NO. The van der Waals surface area contributed by atoms with Crippen molar-refractivity contribution in [1.82, 2.24) is 0 Å². The van der Waals surface area contributed by atoms with E-state index in [9.17, 15) is 4.79 Å². The average Bonchev–Trinajstić information content (AvgIpc) is 2.44. The number of carbonyl (C=O) groups is 1. The topological polar surface area (TPSA) is 29.1 Å². The standard InChI is InChI=1S/C15H10BrCl2NO/c16-11-3-1-2-4-14(11)19-8-7-15(20)10-5-6-12(17)13(18)9-10/h1-9,19H. The zero-order valence-electron chi connectivity index (χ0n) is 10.2. The van der Waals surface area contributed by atoms with Crippen molar-refractivity contribution in [2.24, 2.45) is 0 Å². The Hall–Kier alpha value is -1.29. The minimum absolute atomic E-state index is 0.150. The summed E-state index contributed by atoms with van der Waals surface area (Å²) in [7, 11) is 0. The largest absolute Gasteiger partial charge is 0.361 e. The Morgan fingerprint density at radius 1 is 1.10 bits per heavy atom. The number of hydrogen-bond acceptors (Lipinski definition) is 2. The minimum atomic E-state index is -0.150. The molecule has 0 saturated carbocycles. The van der Waals surface area contributed by atoms with Crippen LogP contribution in [0.15, 0.2) is 59.2 Å². The fraction of sp³-hybridized carbons (Fsp3) is 0. The summed E-state index contributed by atoms with van der Waals surface area (Å²) in [4.78, 5) is 11.9. The third-order valence-corrected chi connectivity index (χ3v) is 3.98. The summed E-state index contributed by atoms with van der Waals surface area (Å²) in [6.07, 6.45) is 3.03. The van der Waals surface area contributed by atoms with Crippen LogP contribution >= 0.6 is 39.1 Å². The molecule has 0 aliphatic carbocycles. The van der Waals surface area contributed by atoms with Gasteiger partial charge in [-0.2, -0.15) is 0 Å². The summed E-state index contributed by atoms with van der Waals surface area (Å²) in [6.45, 7) is 0. The molecule has 0 fully saturated rings. The fourth-order valence-corrected chi connectivity index (χ4v) is 2.23. The van der Waals surface area contributed by atoms with E-state index in [1.54, 1.807) is 24.4 Å². The SMILES string of the molecule is O=C(C=CNc1ccccc1Br)c1ccc(Cl)c(Cl)c1. The molecule has 0 heterocycles. The Morgan fingerprint density at radius 3 is 2.55 bits per heavy atom. The van der Waals surface area contributed by atoms with Crippen LogP contribution in [-0.4, -0.2) is 5.78 Å². The van der Waals surface area contributed by atoms with Gasteiger partial charge in [0.25, 0.3) is 0 Å². The number of ketones is 1. The fourth-order valence-electron chi connectivity index (χ4n) is 1.53. The van der Waals surface area contributed by atoms with E-state index in [2.05, 4.69) is 21.2 Å². The van der Waals surface area contributed by atoms with Gasteiger partial charge in [-0.1, -0.05) is 35.3 Å². The lowest BCUT2D eigenvalue weighted by atomic mass is 10.1. The quantitative estimate of drug-likeness (QED) is 0.563. The highest BCUT2D eigenvalue weighted by molar-refractivity contribution is 9.10. The van der Waals surface area contributed by atoms with E-state index in [1.807, 2.05) is 24.3 Å². The summed E-state index contributed by atoms with van der Waals surface area (Å²) in [5, 5.41) is 3.83. The van der Waals surface area contributed by atoms with Gasteiger partial charge in [-0.05, 0) is 46.3 Å². The monoisotopic (exact) mass is 369 g/mol. The van der Waals surface area contributed by atoms with Crippen LogP contribution in [0.5, 0.6) is 0 Å². The smallest absolute Gasteiger partial charge is 0.187 e. The lowest BCUT2D eigenvalue weighted by Gasteiger charge is -2.03.